The molecule has 3 aromatic rings. The zero-order valence-corrected chi connectivity index (χ0v) is 13.6. The SMILES string of the molecule is O=C(NCCCc1ccccc1)c1csc(-c2ccccc2)n1. The third kappa shape index (κ3) is 4.27. The summed E-state index contributed by atoms with van der Waals surface area (Å²) >= 11 is 1.50. The molecule has 1 aromatic heterocycles. The second-order valence-electron chi connectivity index (χ2n) is 5.25. The molecule has 116 valence electrons. The molecule has 0 saturated heterocycles. The van der Waals surface area contributed by atoms with E-state index in [0.717, 1.165) is 23.4 Å². The van der Waals surface area contributed by atoms with Gasteiger partial charge in [-0.25, -0.2) is 4.98 Å². The molecule has 0 unspecified atom stereocenters. The Balaban J connectivity index is 1.50. The van der Waals surface area contributed by atoms with Crippen molar-refractivity contribution in [1.82, 2.24) is 10.3 Å². The van der Waals surface area contributed by atoms with Crippen molar-refractivity contribution >= 4 is 17.2 Å². The van der Waals surface area contributed by atoms with E-state index >= 15 is 0 Å². The molecule has 0 bridgehead atoms. The molecule has 0 radical (unpaired) electrons. The van der Waals surface area contributed by atoms with Crippen LogP contribution in [0.15, 0.2) is 66.0 Å². The molecular weight excluding hydrogens is 304 g/mol. The predicted molar refractivity (Wildman–Crippen MR) is 94.6 cm³/mol. The van der Waals surface area contributed by atoms with Crippen LogP contribution in [-0.4, -0.2) is 17.4 Å². The number of aromatic nitrogens is 1. The van der Waals surface area contributed by atoms with Crippen LogP contribution in [-0.2, 0) is 6.42 Å². The topological polar surface area (TPSA) is 42.0 Å². The molecule has 1 N–H and O–H groups in total. The molecule has 2 aromatic carbocycles. The van der Waals surface area contributed by atoms with E-state index in [1.54, 1.807) is 0 Å². The highest BCUT2D eigenvalue weighted by Gasteiger charge is 2.11. The average Bonchev–Trinajstić information content (AvgIpc) is 3.10. The van der Waals surface area contributed by atoms with Gasteiger partial charge in [0.15, 0.2) is 0 Å². The van der Waals surface area contributed by atoms with E-state index < -0.39 is 0 Å². The number of thiazole rings is 1. The minimum atomic E-state index is -0.100. The molecule has 0 fully saturated rings. The molecule has 4 heteroatoms. The van der Waals surface area contributed by atoms with E-state index in [4.69, 9.17) is 0 Å². The van der Waals surface area contributed by atoms with Crippen molar-refractivity contribution < 1.29 is 4.79 Å². The predicted octanol–water partition coefficient (Wildman–Crippen LogP) is 4.17. The highest BCUT2D eigenvalue weighted by Crippen LogP contribution is 2.23. The first-order chi connectivity index (χ1) is 11.3. The Bertz CT molecular complexity index is 753. The van der Waals surface area contributed by atoms with E-state index in [0.29, 0.717) is 12.2 Å². The van der Waals surface area contributed by atoms with Gasteiger partial charge in [0.2, 0.25) is 0 Å². The Labute approximate surface area is 140 Å². The van der Waals surface area contributed by atoms with Gasteiger partial charge in [0.05, 0.1) is 0 Å². The number of benzene rings is 2. The summed E-state index contributed by atoms with van der Waals surface area (Å²) in [6.45, 7) is 0.659. The number of aryl methyl sites for hydroxylation is 1. The zero-order valence-electron chi connectivity index (χ0n) is 12.7. The van der Waals surface area contributed by atoms with E-state index in [1.165, 1.54) is 16.9 Å². The summed E-state index contributed by atoms with van der Waals surface area (Å²) in [5.41, 5.74) is 2.83. The molecular formula is C19H18N2OS. The maximum absolute atomic E-state index is 12.1. The lowest BCUT2D eigenvalue weighted by Gasteiger charge is -2.03. The van der Waals surface area contributed by atoms with Gasteiger partial charge in [-0.05, 0) is 18.4 Å². The van der Waals surface area contributed by atoms with Gasteiger partial charge in [-0.2, -0.15) is 0 Å². The molecule has 0 atom stereocenters. The summed E-state index contributed by atoms with van der Waals surface area (Å²) in [7, 11) is 0. The van der Waals surface area contributed by atoms with Crippen molar-refractivity contribution in [3.8, 4) is 10.6 Å². The molecule has 3 rings (SSSR count). The largest absolute Gasteiger partial charge is 0.351 e. The van der Waals surface area contributed by atoms with Crippen LogP contribution in [0.2, 0.25) is 0 Å². The summed E-state index contributed by atoms with van der Waals surface area (Å²) in [6.07, 6.45) is 1.89. The molecule has 0 spiro atoms. The molecule has 0 aliphatic carbocycles. The summed E-state index contributed by atoms with van der Waals surface area (Å²) in [4.78, 5) is 16.6. The monoisotopic (exact) mass is 322 g/mol. The first kappa shape index (κ1) is 15.4. The second-order valence-corrected chi connectivity index (χ2v) is 6.11. The molecule has 1 amide bonds. The normalized spacial score (nSPS) is 10.4. The van der Waals surface area contributed by atoms with Gasteiger partial charge >= 0.3 is 0 Å². The van der Waals surface area contributed by atoms with Crippen LogP contribution >= 0.6 is 11.3 Å². The van der Waals surface area contributed by atoms with Gasteiger partial charge in [0, 0.05) is 17.5 Å². The maximum atomic E-state index is 12.1. The lowest BCUT2D eigenvalue weighted by atomic mass is 10.1. The van der Waals surface area contributed by atoms with Crippen molar-refractivity contribution in [2.45, 2.75) is 12.8 Å². The Morgan fingerprint density at radius 3 is 2.43 bits per heavy atom. The third-order valence-electron chi connectivity index (χ3n) is 3.53. The molecule has 1 heterocycles. The number of hydrogen-bond donors (Lipinski definition) is 1. The van der Waals surface area contributed by atoms with Crippen LogP contribution < -0.4 is 5.32 Å². The van der Waals surface area contributed by atoms with Crippen molar-refractivity contribution in [2.75, 3.05) is 6.54 Å². The van der Waals surface area contributed by atoms with Gasteiger partial charge < -0.3 is 5.32 Å². The molecule has 23 heavy (non-hydrogen) atoms. The molecule has 3 nitrogen and oxygen atoms in total. The Hall–Kier alpha value is -2.46. The summed E-state index contributed by atoms with van der Waals surface area (Å²) in [5, 5.41) is 5.63. The number of carbonyl (C=O) groups is 1. The number of nitrogens with zero attached hydrogens (tertiary/aromatic N) is 1. The lowest BCUT2D eigenvalue weighted by Crippen LogP contribution is -2.25. The number of carbonyl (C=O) groups excluding carboxylic acids is 1. The van der Waals surface area contributed by atoms with E-state index in [9.17, 15) is 4.79 Å². The van der Waals surface area contributed by atoms with Crippen LogP contribution in [0.4, 0.5) is 0 Å². The number of rotatable bonds is 6. The maximum Gasteiger partial charge on any atom is 0.270 e. The van der Waals surface area contributed by atoms with Crippen molar-refractivity contribution in [3.05, 3.63) is 77.3 Å². The van der Waals surface area contributed by atoms with Crippen LogP contribution in [0.1, 0.15) is 22.5 Å². The van der Waals surface area contributed by atoms with Gasteiger partial charge in [-0.1, -0.05) is 60.7 Å². The quantitative estimate of drug-likeness (QED) is 0.692. The highest BCUT2D eigenvalue weighted by molar-refractivity contribution is 7.13. The van der Waals surface area contributed by atoms with Crippen molar-refractivity contribution in [3.63, 3.8) is 0 Å². The number of amides is 1. The Kier molecular flexibility index (Phi) is 5.17. The fraction of sp³-hybridized carbons (Fsp3) is 0.158. The fourth-order valence-electron chi connectivity index (χ4n) is 2.32. The minimum Gasteiger partial charge on any atom is -0.351 e. The molecule has 0 saturated carbocycles. The van der Waals surface area contributed by atoms with E-state index in [2.05, 4.69) is 22.4 Å². The highest BCUT2D eigenvalue weighted by atomic mass is 32.1. The second kappa shape index (κ2) is 7.70. The molecule has 0 aliphatic heterocycles. The number of hydrogen-bond acceptors (Lipinski definition) is 3. The first-order valence-corrected chi connectivity index (χ1v) is 8.54. The minimum absolute atomic E-state index is 0.100. The van der Waals surface area contributed by atoms with Gasteiger partial charge in [-0.15, -0.1) is 11.3 Å². The Morgan fingerprint density at radius 2 is 1.70 bits per heavy atom. The van der Waals surface area contributed by atoms with E-state index in [-0.39, 0.29) is 5.91 Å². The van der Waals surface area contributed by atoms with Crippen LogP contribution in [0.3, 0.4) is 0 Å². The fourth-order valence-corrected chi connectivity index (χ4v) is 3.13. The van der Waals surface area contributed by atoms with Gasteiger partial charge in [0.25, 0.3) is 5.91 Å². The van der Waals surface area contributed by atoms with Crippen LogP contribution in [0, 0.1) is 0 Å². The Morgan fingerprint density at radius 1 is 1.00 bits per heavy atom. The van der Waals surface area contributed by atoms with Crippen molar-refractivity contribution in [1.29, 1.82) is 0 Å². The third-order valence-corrected chi connectivity index (χ3v) is 4.42. The summed E-state index contributed by atoms with van der Waals surface area (Å²) < 4.78 is 0. The molecule has 0 aliphatic rings. The zero-order chi connectivity index (χ0) is 15.9. The standard InChI is InChI=1S/C19H18N2OS/c22-18(20-13-7-10-15-8-3-1-4-9-15)17-14-23-19(21-17)16-11-5-2-6-12-16/h1-6,8-9,11-12,14H,7,10,13H2,(H,20,22). The van der Waals surface area contributed by atoms with Crippen LogP contribution in [0.5, 0.6) is 0 Å². The number of nitrogens with one attached hydrogen (secondary N) is 1. The summed E-state index contributed by atoms with van der Waals surface area (Å²) in [6, 6.07) is 20.2. The average molecular weight is 322 g/mol. The lowest BCUT2D eigenvalue weighted by molar-refractivity contribution is 0.0949. The van der Waals surface area contributed by atoms with E-state index in [1.807, 2.05) is 53.9 Å². The first-order valence-electron chi connectivity index (χ1n) is 7.66. The summed E-state index contributed by atoms with van der Waals surface area (Å²) in [5.74, 6) is -0.100. The van der Waals surface area contributed by atoms with Gasteiger partial charge in [0.1, 0.15) is 10.7 Å². The van der Waals surface area contributed by atoms with Gasteiger partial charge in [-0.3, -0.25) is 4.79 Å². The van der Waals surface area contributed by atoms with Crippen molar-refractivity contribution in [2.24, 2.45) is 0 Å². The van der Waals surface area contributed by atoms with Crippen LogP contribution in [0.25, 0.3) is 10.6 Å². The smallest absolute Gasteiger partial charge is 0.270 e.